The van der Waals surface area contributed by atoms with Crippen LogP contribution in [0.15, 0.2) is 71.6 Å². The molecule has 43 heavy (non-hydrogen) atoms. The Hall–Kier alpha value is -3.47. The molecule has 2 amide bonds. The number of hydrogen-bond donors (Lipinski definition) is 1. The summed E-state index contributed by atoms with van der Waals surface area (Å²) in [5, 5.41) is 3.88. The summed E-state index contributed by atoms with van der Waals surface area (Å²) in [5.41, 5.74) is 0.949. The van der Waals surface area contributed by atoms with Crippen molar-refractivity contribution < 1.29 is 27.5 Å². The molecular formula is C31H37Cl2N3O6S. The van der Waals surface area contributed by atoms with Crippen molar-refractivity contribution in [3.8, 4) is 11.5 Å². The maximum Gasteiger partial charge on any atom is 0.264 e. The van der Waals surface area contributed by atoms with E-state index < -0.39 is 28.5 Å². The van der Waals surface area contributed by atoms with Crippen LogP contribution in [0.5, 0.6) is 11.5 Å². The molecule has 9 nitrogen and oxygen atoms in total. The third-order valence-corrected chi connectivity index (χ3v) is 9.26. The van der Waals surface area contributed by atoms with Gasteiger partial charge in [0.15, 0.2) is 11.5 Å². The van der Waals surface area contributed by atoms with Crippen molar-refractivity contribution >= 4 is 50.7 Å². The first-order chi connectivity index (χ1) is 20.4. The van der Waals surface area contributed by atoms with Gasteiger partial charge in [-0.2, -0.15) is 0 Å². The molecule has 0 spiro atoms. The van der Waals surface area contributed by atoms with Gasteiger partial charge in [0.05, 0.1) is 24.8 Å². The zero-order chi connectivity index (χ0) is 31.7. The summed E-state index contributed by atoms with van der Waals surface area (Å²) < 4.78 is 39.8. The molecule has 2 atom stereocenters. The van der Waals surface area contributed by atoms with Crippen molar-refractivity contribution in [1.29, 1.82) is 0 Å². The van der Waals surface area contributed by atoms with Crippen molar-refractivity contribution in [2.45, 2.75) is 57.1 Å². The second kappa shape index (κ2) is 15.3. The number of nitrogens with one attached hydrogen (secondary N) is 1. The lowest BCUT2D eigenvalue weighted by Crippen LogP contribution is -2.53. The van der Waals surface area contributed by atoms with Crippen LogP contribution < -0.4 is 19.1 Å². The Morgan fingerprint density at radius 1 is 0.860 bits per heavy atom. The van der Waals surface area contributed by atoms with E-state index in [2.05, 4.69) is 5.32 Å². The number of hydrogen-bond acceptors (Lipinski definition) is 6. The highest BCUT2D eigenvalue weighted by Crippen LogP contribution is 2.33. The molecule has 0 fully saturated rings. The van der Waals surface area contributed by atoms with Crippen LogP contribution in [0.3, 0.4) is 0 Å². The van der Waals surface area contributed by atoms with Crippen LogP contribution in [0.4, 0.5) is 5.69 Å². The Labute approximate surface area is 263 Å². The monoisotopic (exact) mass is 649 g/mol. The molecule has 0 saturated carbocycles. The molecule has 3 aromatic rings. The fourth-order valence-electron chi connectivity index (χ4n) is 4.39. The molecule has 0 aliphatic carbocycles. The summed E-state index contributed by atoms with van der Waals surface area (Å²) >= 11 is 12.2. The Balaban J connectivity index is 2.09. The van der Waals surface area contributed by atoms with E-state index in [0.717, 1.165) is 9.87 Å². The highest BCUT2D eigenvalue weighted by molar-refractivity contribution is 7.92. The minimum Gasteiger partial charge on any atom is -0.493 e. The van der Waals surface area contributed by atoms with E-state index >= 15 is 0 Å². The predicted octanol–water partition coefficient (Wildman–Crippen LogP) is 5.93. The van der Waals surface area contributed by atoms with Crippen molar-refractivity contribution in [2.75, 3.05) is 25.1 Å². The van der Waals surface area contributed by atoms with E-state index in [1.165, 1.54) is 49.5 Å². The minimum atomic E-state index is -4.32. The highest BCUT2D eigenvalue weighted by Gasteiger charge is 2.34. The first-order valence-electron chi connectivity index (χ1n) is 13.8. The minimum absolute atomic E-state index is 0.0628. The average Bonchev–Trinajstić information content (AvgIpc) is 3.00. The van der Waals surface area contributed by atoms with Crippen molar-refractivity contribution in [3.63, 3.8) is 0 Å². The standard InChI is InChI=1S/C31H37Cl2N3O6S/c1-6-21(3)34-31(38)27(7-2)35(19-22-8-10-23(32)11-9-22)30(37)20-36(25-14-12-24(33)13-15-25)43(39,40)26-16-17-28(41-4)29(18-26)42-5/h8-18,21,27H,6-7,19-20H2,1-5H3,(H,34,38)/t21-,27+/m1/s1. The van der Waals surface area contributed by atoms with E-state index in [4.69, 9.17) is 32.7 Å². The lowest BCUT2D eigenvalue weighted by molar-refractivity contribution is -0.140. The van der Waals surface area contributed by atoms with Crippen LogP contribution in [0.2, 0.25) is 10.0 Å². The quantitative estimate of drug-likeness (QED) is 0.232. The molecule has 3 rings (SSSR count). The molecule has 232 valence electrons. The van der Waals surface area contributed by atoms with Gasteiger partial charge in [-0.05, 0) is 73.9 Å². The van der Waals surface area contributed by atoms with Crippen molar-refractivity contribution in [2.24, 2.45) is 0 Å². The van der Waals surface area contributed by atoms with Crippen molar-refractivity contribution in [1.82, 2.24) is 10.2 Å². The molecule has 0 heterocycles. The van der Waals surface area contributed by atoms with Gasteiger partial charge < -0.3 is 19.7 Å². The molecule has 0 radical (unpaired) electrons. The topological polar surface area (TPSA) is 105 Å². The van der Waals surface area contributed by atoms with Gasteiger partial charge in [-0.25, -0.2) is 8.42 Å². The predicted molar refractivity (Wildman–Crippen MR) is 170 cm³/mol. The van der Waals surface area contributed by atoms with Gasteiger partial charge in [-0.1, -0.05) is 49.2 Å². The number of carbonyl (C=O) groups is 2. The van der Waals surface area contributed by atoms with E-state index in [1.807, 2.05) is 13.8 Å². The Morgan fingerprint density at radius 3 is 1.98 bits per heavy atom. The van der Waals surface area contributed by atoms with Crippen LogP contribution in [0.25, 0.3) is 0 Å². The lowest BCUT2D eigenvalue weighted by atomic mass is 10.1. The highest BCUT2D eigenvalue weighted by atomic mass is 35.5. The summed E-state index contributed by atoms with van der Waals surface area (Å²) in [7, 11) is -1.47. The largest absolute Gasteiger partial charge is 0.493 e. The molecular weight excluding hydrogens is 613 g/mol. The number of amides is 2. The third kappa shape index (κ3) is 8.55. The number of nitrogens with zero attached hydrogens (tertiary/aromatic N) is 2. The summed E-state index contributed by atoms with van der Waals surface area (Å²) in [6.45, 7) is 5.12. The smallest absolute Gasteiger partial charge is 0.264 e. The summed E-state index contributed by atoms with van der Waals surface area (Å²) in [6.07, 6.45) is 1.02. The molecule has 12 heteroatoms. The normalized spacial score (nSPS) is 12.6. The maximum atomic E-state index is 14.2. The SMILES string of the molecule is CC[C@@H](C)NC(=O)[C@H](CC)N(Cc1ccc(Cl)cc1)C(=O)CN(c1ccc(Cl)cc1)S(=O)(=O)c1ccc(OC)c(OC)c1. The second-order valence-corrected chi connectivity index (χ2v) is 12.6. The Bertz CT molecular complexity index is 1500. The van der Waals surface area contributed by atoms with Crippen molar-refractivity contribution in [3.05, 3.63) is 82.3 Å². The van der Waals surface area contributed by atoms with Crippen LogP contribution in [-0.2, 0) is 26.2 Å². The van der Waals surface area contributed by atoms with Gasteiger partial charge in [-0.15, -0.1) is 0 Å². The molecule has 0 unspecified atom stereocenters. The van der Waals surface area contributed by atoms with Crippen LogP contribution >= 0.6 is 23.2 Å². The number of anilines is 1. The van der Waals surface area contributed by atoms with Gasteiger partial charge in [0, 0.05) is 28.7 Å². The number of sulfonamides is 1. The number of ether oxygens (including phenoxy) is 2. The van der Waals surface area contributed by atoms with Crippen LogP contribution in [0.1, 0.15) is 39.2 Å². The number of benzene rings is 3. The summed E-state index contributed by atoms with van der Waals surface area (Å²) in [5.74, 6) is -0.328. The molecule has 0 bridgehead atoms. The molecule has 0 aliphatic rings. The summed E-state index contributed by atoms with van der Waals surface area (Å²) in [6, 6.07) is 16.3. The molecule has 0 aromatic heterocycles. The first kappa shape index (κ1) is 34.0. The van der Waals surface area contributed by atoms with Crippen LogP contribution in [-0.4, -0.2) is 58.0 Å². The van der Waals surface area contributed by atoms with Gasteiger partial charge in [0.25, 0.3) is 10.0 Å². The molecule has 1 N–H and O–H groups in total. The lowest BCUT2D eigenvalue weighted by Gasteiger charge is -2.33. The second-order valence-electron chi connectivity index (χ2n) is 9.89. The molecule has 3 aromatic carbocycles. The summed E-state index contributed by atoms with van der Waals surface area (Å²) in [4.78, 5) is 28.8. The number of rotatable bonds is 14. The van der Waals surface area contributed by atoms with Crippen LogP contribution in [0, 0.1) is 0 Å². The van der Waals surface area contributed by atoms with Gasteiger partial charge in [0.2, 0.25) is 11.8 Å². The number of methoxy groups -OCH3 is 2. The average molecular weight is 651 g/mol. The zero-order valence-corrected chi connectivity index (χ0v) is 27.2. The van der Waals surface area contributed by atoms with E-state index in [1.54, 1.807) is 43.3 Å². The molecule has 0 aliphatic heterocycles. The van der Waals surface area contributed by atoms with Gasteiger partial charge in [0.1, 0.15) is 12.6 Å². The van der Waals surface area contributed by atoms with Gasteiger partial charge >= 0.3 is 0 Å². The Kier molecular flexibility index (Phi) is 12.1. The van der Waals surface area contributed by atoms with E-state index in [0.29, 0.717) is 28.6 Å². The number of halogens is 2. The Morgan fingerprint density at radius 2 is 1.44 bits per heavy atom. The third-order valence-electron chi connectivity index (χ3n) is 6.99. The fraction of sp³-hybridized carbons (Fsp3) is 0.355. The zero-order valence-electron chi connectivity index (χ0n) is 24.8. The van der Waals surface area contributed by atoms with E-state index in [9.17, 15) is 18.0 Å². The first-order valence-corrected chi connectivity index (χ1v) is 16.0. The fourth-order valence-corrected chi connectivity index (χ4v) is 6.07. The molecule has 0 saturated heterocycles. The number of carbonyl (C=O) groups excluding carboxylic acids is 2. The van der Waals surface area contributed by atoms with Gasteiger partial charge in [-0.3, -0.25) is 13.9 Å². The van der Waals surface area contributed by atoms with E-state index in [-0.39, 0.29) is 34.8 Å². The maximum absolute atomic E-state index is 14.2.